The third kappa shape index (κ3) is 3.00. The van der Waals surface area contributed by atoms with E-state index in [0.717, 1.165) is 6.07 Å². The molecule has 1 aromatic heterocycles. The van der Waals surface area contributed by atoms with Gasteiger partial charge in [-0.3, -0.25) is 0 Å². The fourth-order valence-electron chi connectivity index (χ4n) is 1.48. The van der Waals surface area contributed by atoms with Crippen LogP contribution in [0.2, 0.25) is 5.02 Å². The van der Waals surface area contributed by atoms with Crippen molar-refractivity contribution < 1.29 is 19.0 Å². The zero-order valence-corrected chi connectivity index (χ0v) is 10.6. The molecule has 0 aliphatic rings. The molecule has 2 aromatic rings. The van der Waals surface area contributed by atoms with Crippen LogP contribution in [0.1, 0.15) is 15.9 Å². The number of halogens is 2. The van der Waals surface area contributed by atoms with Crippen molar-refractivity contribution in [3.63, 3.8) is 0 Å². The zero-order chi connectivity index (χ0) is 14.0. The summed E-state index contributed by atoms with van der Waals surface area (Å²) in [5.74, 6) is -1.60. The van der Waals surface area contributed by atoms with Crippen molar-refractivity contribution in [2.24, 2.45) is 0 Å². The Bertz CT molecular complexity index is 646. The average molecular weight is 282 g/mol. The van der Waals surface area contributed by atoms with E-state index in [1.807, 2.05) is 0 Å². The number of aromatic nitrogens is 1. The van der Waals surface area contributed by atoms with E-state index in [-0.39, 0.29) is 16.5 Å². The van der Waals surface area contributed by atoms with Gasteiger partial charge in [-0.25, -0.2) is 14.2 Å². The Hall–Kier alpha value is -2.14. The highest BCUT2D eigenvalue weighted by molar-refractivity contribution is 6.30. The standard InChI is InChI=1S/C13H9ClFNO3/c1-7-4-8(13(17)18)2-3-11(7)19-12-10(15)5-9(14)6-16-12/h2-6H,1H3,(H,17,18). The highest BCUT2D eigenvalue weighted by Gasteiger charge is 2.11. The number of rotatable bonds is 3. The number of pyridine rings is 1. The lowest BCUT2D eigenvalue weighted by atomic mass is 10.1. The van der Waals surface area contributed by atoms with Crippen molar-refractivity contribution in [3.8, 4) is 11.6 Å². The number of benzene rings is 1. The van der Waals surface area contributed by atoms with Crippen LogP contribution in [-0.2, 0) is 0 Å². The molecule has 4 nitrogen and oxygen atoms in total. The molecule has 2 rings (SSSR count). The van der Waals surface area contributed by atoms with Crippen LogP contribution < -0.4 is 4.74 Å². The van der Waals surface area contributed by atoms with E-state index in [4.69, 9.17) is 21.4 Å². The summed E-state index contributed by atoms with van der Waals surface area (Å²) in [6.45, 7) is 1.66. The van der Waals surface area contributed by atoms with Crippen LogP contribution >= 0.6 is 11.6 Å². The lowest BCUT2D eigenvalue weighted by Crippen LogP contribution is -1.98. The first kappa shape index (κ1) is 13.3. The first-order valence-corrected chi connectivity index (χ1v) is 5.68. The molecule has 0 fully saturated rings. The summed E-state index contributed by atoms with van der Waals surface area (Å²) >= 11 is 5.58. The van der Waals surface area contributed by atoms with Crippen molar-refractivity contribution in [1.82, 2.24) is 4.98 Å². The summed E-state index contributed by atoms with van der Waals surface area (Å²) < 4.78 is 18.8. The minimum atomic E-state index is -1.04. The van der Waals surface area contributed by atoms with Crippen molar-refractivity contribution in [3.05, 3.63) is 52.4 Å². The van der Waals surface area contributed by atoms with E-state index in [9.17, 15) is 9.18 Å². The summed E-state index contributed by atoms with van der Waals surface area (Å²) in [6, 6.07) is 5.35. The molecule has 0 spiro atoms. The van der Waals surface area contributed by atoms with E-state index < -0.39 is 11.8 Å². The van der Waals surface area contributed by atoms with Gasteiger partial charge in [-0.15, -0.1) is 0 Å². The van der Waals surface area contributed by atoms with E-state index in [1.165, 1.54) is 24.4 Å². The van der Waals surface area contributed by atoms with Gasteiger partial charge in [-0.2, -0.15) is 0 Å². The maximum atomic E-state index is 13.5. The Morgan fingerprint density at radius 3 is 2.74 bits per heavy atom. The summed E-state index contributed by atoms with van der Waals surface area (Å²) in [7, 11) is 0. The third-order valence-electron chi connectivity index (χ3n) is 2.40. The lowest BCUT2D eigenvalue weighted by Gasteiger charge is -2.09. The Morgan fingerprint density at radius 2 is 2.16 bits per heavy atom. The molecule has 0 aliphatic carbocycles. The summed E-state index contributed by atoms with van der Waals surface area (Å²) in [4.78, 5) is 14.5. The lowest BCUT2D eigenvalue weighted by molar-refractivity contribution is 0.0697. The molecular formula is C13H9ClFNO3. The maximum Gasteiger partial charge on any atom is 0.335 e. The van der Waals surface area contributed by atoms with Crippen LogP contribution in [0.4, 0.5) is 4.39 Å². The molecule has 0 radical (unpaired) electrons. The van der Waals surface area contributed by atoms with E-state index in [0.29, 0.717) is 11.3 Å². The second-order valence-electron chi connectivity index (χ2n) is 3.83. The normalized spacial score (nSPS) is 10.3. The number of aryl methyl sites for hydroxylation is 1. The fourth-order valence-corrected chi connectivity index (χ4v) is 1.62. The van der Waals surface area contributed by atoms with Gasteiger partial charge in [0.05, 0.1) is 10.6 Å². The first-order valence-electron chi connectivity index (χ1n) is 5.30. The number of ether oxygens (including phenoxy) is 1. The number of carboxylic acid groups (broad SMARTS) is 1. The van der Waals surface area contributed by atoms with Crippen LogP contribution in [-0.4, -0.2) is 16.1 Å². The van der Waals surface area contributed by atoms with Gasteiger partial charge in [0, 0.05) is 6.20 Å². The minimum Gasteiger partial charge on any atom is -0.478 e. The first-order chi connectivity index (χ1) is 8.97. The van der Waals surface area contributed by atoms with Crippen LogP contribution in [0, 0.1) is 12.7 Å². The largest absolute Gasteiger partial charge is 0.478 e. The Morgan fingerprint density at radius 1 is 1.42 bits per heavy atom. The Balaban J connectivity index is 2.31. The molecule has 19 heavy (non-hydrogen) atoms. The second-order valence-corrected chi connectivity index (χ2v) is 4.26. The summed E-state index contributed by atoms with van der Waals surface area (Å²) in [5, 5.41) is 9.01. The molecule has 0 bridgehead atoms. The van der Waals surface area contributed by atoms with Gasteiger partial charge in [0.1, 0.15) is 5.75 Å². The number of hydrogen-bond donors (Lipinski definition) is 1. The minimum absolute atomic E-state index is 0.134. The van der Waals surface area contributed by atoms with Crippen molar-refractivity contribution >= 4 is 17.6 Å². The van der Waals surface area contributed by atoms with E-state index >= 15 is 0 Å². The Kier molecular flexibility index (Phi) is 3.66. The van der Waals surface area contributed by atoms with Gasteiger partial charge in [-0.05, 0) is 36.8 Å². The fraction of sp³-hybridized carbons (Fsp3) is 0.0769. The molecule has 0 aliphatic heterocycles. The van der Waals surface area contributed by atoms with Gasteiger partial charge in [0.15, 0.2) is 5.82 Å². The molecule has 98 valence electrons. The van der Waals surface area contributed by atoms with E-state index in [2.05, 4.69) is 4.98 Å². The molecule has 0 saturated heterocycles. The smallest absolute Gasteiger partial charge is 0.335 e. The predicted octanol–water partition coefficient (Wildman–Crippen LogP) is 3.67. The SMILES string of the molecule is Cc1cc(C(=O)O)ccc1Oc1ncc(Cl)cc1F. The quantitative estimate of drug-likeness (QED) is 0.932. The van der Waals surface area contributed by atoms with E-state index in [1.54, 1.807) is 6.92 Å². The number of carbonyl (C=O) groups is 1. The van der Waals surface area contributed by atoms with Crippen molar-refractivity contribution in [1.29, 1.82) is 0 Å². The van der Waals surface area contributed by atoms with Gasteiger partial charge in [-0.1, -0.05) is 11.6 Å². The molecule has 1 heterocycles. The highest BCUT2D eigenvalue weighted by atomic mass is 35.5. The van der Waals surface area contributed by atoms with Gasteiger partial charge >= 0.3 is 5.97 Å². The molecule has 0 atom stereocenters. The molecule has 1 N–H and O–H groups in total. The molecule has 0 unspecified atom stereocenters. The highest BCUT2D eigenvalue weighted by Crippen LogP contribution is 2.27. The number of carboxylic acids is 1. The number of hydrogen-bond acceptors (Lipinski definition) is 3. The topological polar surface area (TPSA) is 59.4 Å². The molecule has 0 amide bonds. The van der Waals surface area contributed by atoms with Crippen LogP contribution in [0.25, 0.3) is 0 Å². The predicted molar refractivity (Wildman–Crippen MR) is 67.4 cm³/mol. The van der Waals surface area contributed by atoms with Gasteiger partial charge < -0.3 is 9.84 Å². The second kappa shape index (κ2) is 5.24. The Labute approximate surface area is 113 Å². The molecular weight excluding hydrogens is 273 g/mol. The number of aromatic carboxylic acids is 1. The van der Waals surface area contributed by atoms with Gasteiger partial charge in [0.2, 0.25) is 0 Å². The third-order valence-corrected chi connectivity index (χ3v) is 2.61. The maximum absolute atomic E-state index is 13.5. The monoisotopic (exact) mass is 281 g/mol. The molecule has 1 aromatic carbocycles. The van der Waals surface area contributed by atoms with Crippen LogP contribution in [0.5, 0.6) is 11.6 Å². The van der Waals surface area contributed by atoms with Crippen molar-refractivity contribution in [2.75, 3.05) is 0 Å². The summed E-state index contributed by atoms with van der Waals surface area (Å²) in [5.41, 5.74) is 0.699. The van der Waals surface area contributed by atoms with Crippen LogP contribution in [0.15, 0.2) is 30.5 Å². The van der Waals surface area contributed by atoms with Crippen molar-refractivity contribution in [2.45, 2.75) is 6.92 Å². The average Bonchev–Trinajstić information content (AvgIpc) is 2.34. The molecule has 6 heteroatoms. The summed E-state index contributed by atoms with van der Waals surface area (Å²) in [6.07, 6.45) is 1.26. The van der Waals surface area contributed by atoms with Crippen LogP contribution in [0.3, 0.4) is 0 Å². The number of nitrogens with zero attached hydrogens (tertiary/aromatic N) is 1. The zero-order valence-electron chi connectivity index (χ0n) is 9.85. The van der Waals surface area contributed by atoms with Gasteiger partial charge in [0.25, 0.3) is 5.88 Å². The molecule has 0 saturated carbocycles.